The van der Waals surface area contributed by atoms with Crippen LogP contribution in [0.15, 0.2) is 29.6 Å². The van der Waals surface area contributed by atoms with E-state index in [1.165, 1.54) is 23.5 Å². The molecule has 0 aliphatic carbocycles. The molecule has 102 valence electrons. The van der Waals surface area contributed by atoms with Gasteiger partial charge in [0.2, 0.25) is 0 Å². The summed E-state index contributed by atoms with van der Waals surface area (Å²) in [4.78, 5) is 4.21. The predicted octanol–water partition coefficient (Wildman–Crippen LogP) is 3.75. The van der Waals surface area contributed by atoms with E-state index >= 15 is 0 Å². The minimum absolute atomic E-state index is 0.301. The first kappa shape index (κ1) is 14.0. The highest BCUT2D eigenvalue weighted by Gasteiger charge is 2.30. The molecule has 1 aromatic carbocycles. The van der Waals surface area contributed by atoms with E-state index in [0.717, 1.165) is 22.8 Å². The highest BCUT2D eigenvalue weighted by Crippen LogP contribution is 2.30. The molecule has 1 unspecified atom stereocenters. The first-order valence-corrected chi connectivity index (χ1v) is 6.50. The Hall–Kier alpha value is -1.40. The molecule has 0 aliphatic rings. The van der Waals surface area contributed by atoms with Gasteiger partial charge in [-0.15, -0.1) is 11.3 Å². The van der Waals surface area contributed by atoms with E-state index in [2.05, 4.69) is 4.98 Å². The number of thiazole rings is 1. The molecule has 0 aliphatic heterocycles. The maximum atomic E-state index is 12.4. The van der Waals surface area contributed by atoms with Crippen molar-refractivity contribution in [3.05, 3.63) is 51.5 Å². The van der Waals surface area contributed by atoms with Crippen LogP contribution in [0.4, 0.5) is 13.2 Å². The van der Waals surface area contributed by atoms with Gasteiger partial charge in [-0.3, -0.25) is 0 Å². The van der Waals surface area contributed by atoms with Crippen LogP contribution in [0.2, 0.25) is 0 Å². The second kappa shape index (κ2) is 5.30. The quantitative estimate of drug-likeness (QED) is 0.932. The summed E-state index contributed by atoms with van der Waals surface area (Å²) in [6.45, 7) is 1.86. The van der Waals surface area contributed by atoms with Gasteiger partial charge in [0.15, 0.2) is 0 Å². The van der Waals surface area contributed by atoms with E-state index in [1.54, 1.807) is 0 Å². The first-order chi connectivity index (χ1) is 8.86. The van der Waals surface area contributed by atoms with Crippen LogP contribution in [0.5, 0.6) is 0 Å². The lowest BCUT2D eigenvalue weighted by molar-refractivity contribution is -0.137. The van der Waals surface area contributed by atoms with Crippen molar-refractivity contribution >= 4 is 11.3 Å². The highest BCUT2D eigenvalue weighted by molar-refractivity contribution is 7.09. The molecule has 19 heavy (non-hydrogen) atoms. The molecule has 0 saturated heterocycles. The summed E-state index contributed by atoms with van der Waals surface area (Å²) in [6.07, 6.45) is -4.89. The monoisotopic (exact) mass is 287 g/mol. The van der Waals surface area contributed by atoms with Crippen LogP contribution >= 0.6 is 11.3 Å². The van der Waals surface area contributed by atoms with Gasteiger partial charge in [0.1, 0.15) is 0 Å². The Morgan fingerprint density at radius 1 is 1.26 bits per heavy atom. The molecule has 1 heterocycles. The summed E-state index contributed by atoms with van der Waals surface area (Å²) >= 11 is 1.48. The fourth-order valence-electron chi connectivity index (χ4n) is 1.71. The van der Waals surface area contributed by atoms with Gasteiger partial charge in [-0.2, -0.15) is 13.2 Å². The molecule has 1 atom stereocenters. The lowest BCUT2D eigenvalue weighted by Crippen LogP contribution is -2.06. The Bertz CT molecular complexity index is 548. The molecule has 6 heteroatoms. The third-order valence-corrected chi connectivity index (χ3v) is 3.51. The Labute approximate surface area is 112 Å². The zero-order chi connectivity index (χ0) is 14.0. The zero-order valence-corrected chi connectivity index (χ0v) is 10.9. The minimum Gasteiger partial charge on any atom is -0.388 e. The van der Waals surface area contributed by atoms with Crippen molar-refractivity contribution in [1.29, 1.82) is 0 Å². The summed E-state index contributed by atoms with van der Waals surface area (Å²) in [6, 6.07) is 4.55. The van der Waals surface area contributed by atoms with E-state index in [1.807, 2.05) is 12.3 Å². The number of aromatic nitrogens is 1. The molecule has 1 N–H and O–H groups in total. The first-order valence-electron chi connectivity index (χ1n) is 5.62. The van der Waals surface area contributed by atoms with Gasteiger partial charge in [-0.1, -0.05) is 12.1 Å². The van der Waals surface area contributed by atoms with E-state index < -0.39 is 17.8 Å². The van der Waals surface area contributed by atoms with Crippen LogP contribution in [0.3, 0.4) is 0 Å². The lowest BCUT2D eigenvalue weighted by Gasteiger charge is -2.11. The number of aliphatic hydroxyl groups is 1. The maximum absolute atomic E-state index is 12.4. The SMILES string of the molecule is Cc1nc(CC(O)c2ccc(C(F)(F)F)cc2)cs1. The van der Waals surface area contributed by atoms with Crippen LogP contribution in [0.25, 0.3) is 0 Å². The lowest BCUT2D eigenvalue weighted by atomic mass is 10.0. The summed E-state index contributed by atoms with van der Waals surface area (Å²) < 4.78 is 37.2. The zero-order valence-electron chi connectivity index (χ0n) is 10.1. The predicted molar refractivity (Wildman–Crippen MR) is 67.0 cm³/mol. The van der Waals surface area contributed by atoms with E-state index in [0.29, 0.717) is 12.0 Å². The molecule has 0 fully saturated rings. The molecule has 0 amide bonds. The third-order valence-electron chi connectivity index (χ3n) is 2.69. The number of aryl methyl sites for hydroxylation is 1. The number of halogens is 3. The van der Waals surface area contributed by atoms with E-state index in [-0.39, 0.29) is 0 Å². The van der Waals surface area contributed by atoms with E-state index in [9.17, 15) is 18.3 Å². The fourth-order valence-corrected chi connectivity index (χ4v) is 2.34. The minimum atomic E-state index is -4.35. The van der Waals surface area contributed by atoms with Crippen molar-refractivity contribution in [2.75, 3.05) is 0 Å². The summed E-state index contributed by atoms with van der Waals surface area (Å²) in [7, 11) is 0. The molecule has 0 spiro atoms. The largest absolute Gasteiger partial charge is 0.416 e. The number of alkyl halides is 3. The van der Waals surface area contributed by atoms with Crippen molar-refractivity contribution < 1.29 is 18.3 Å². The van der Waals surface area contributed by atoms with Gasteiger partial charge < -0.3 is 5.11 Å². The summed E-state index contributed by atoms with van der Waals surface area (Å²) in [5, 5.41) is 12.7. The Kier molecular flexibility index (Phi) is 3.91. The molecule has 2 nitrogen and oxygen atoms in total. The topological polar surface area (TPSA) is 33.1 Å². The van der Waals surface area contributed by atoms with Crippen molar-refractivity contribution in [2.45, 2.75) is 25.6 Å². The number of benzene rings is 1. The Morgan fingerprint density at radius 3 is 2.37 bits per heavy atom. The molecule has 0 radical (unpaired) electrons. The summed E-state index contributed by atoms with van der Waals surface area (Å²) in [5.41, 5.74) is 0.488. The standard InChI is InChI=1S/C13H12F3NOS/c1-8-17-11(7-19-8)6-12(18)9-2-4-10(5-3-9)13(14,15)16/h2-5,7,12,18H,6H2,1H3. The number of hydrogen-bond acceptors (Lipinski definition) is 3. The van der Waals surface area contributed by atoms with Crippen molar-refractivity contribution in [3.63, 3.8) is 0 Å². The molecule has 2 rings (SSSR count). The van der Waals surface area contributed by atoms with Gasteiger partial charge in [0.25, 0.3) is 0 Å². The average molecular weight is 287 g/mol. The second-order valence-electron chi connectivity index (χ2n) is 4.20. The molecule has 0 bridgehead atoms. The van der Waals surface area contributed by atoms with Crippen molar-refractivity contribution in [2.24, 2.45) is 0 Å². The normalized spacial score (nSPS) is 13.5. The third kappa shape index (κ3) is 3.54. The molecule has 1 aromatic heterocycles. The molecular weight excluding hydrogens is 275 g/mol. The number of rotatable bonds is 3. The van der Waals surface area contributed by atoms with Crippen molar-refractivity contribution in [3.8, 4) is 0 Å². The smallest absolute Gasteiger partial charge is 0.388 e. The molecule has 2 aromatic rings. The van der Waals surface area contributed by atoms with Crippen LogP contribution < -0.4 is 0 Å². The second-order valence-corrected chi connectivity index (χ2v) is 5.26. The maximum Gasteiger partial charge on any atom is 0.416 e. The van der Waals surface area contributed by atoms with Crippen molar-refractivity contribution in [1.82, 2.24) is 4.98 Å². The van der Waals surface area contributed by atoms with Crippen LogP contribution in [-0.4, -0.2) is 10.1 Å². The van der Waals surface area contributed by atoms with Gasteiger partial charge in [0, 0.05) is 11.8 Å². The highest BCUT2D eigenvalue weighted by atomic mass is 32.1. The number of hydrogen-bond donors (Lipinski definition) is 1. The van der Waals surface area contributed by atoms with Gasteiger partial charge >= 0.3 is 6.18 Å². The van der Waals surface area contributed by atoms with Gasteiger partial charge in [-0.25, -0.2) is 4.98 Å². The van der Waals surface area contributed by atoms with Crippen LogP contribution in [0, 0.1) is 6.92 Å². The van der Waals surface area contributed by atoms with Gasteiger partial charge in [0.05, 0.1) is 22.4 Å². The summed E-state index contributed by atoms with van der Waals surface area (Å²) in [5.74, 6) is 0. The average Bonchev–Trinajstić information content (AvgIpc) is 2.74. The Morgan fingerprint density at radius 2 is 1.89 bits per heavy atom. The van der Waals surface area contributed by atoms with Crippen LogP contribution in [0.1, 0.15) is 27.9 Å². The Balaban J connectivity index is 2.09. The van der Waals surface area contributed by atoms with Crippen LogP contribution in [-0.2, 0) is 12.6 Å². The molecular formula is C13H12F3NOS. The fraction of sp³-hybridized carbons (Fsp3) is 0.308. The van der Waals surface area contributed by atoms with Gasteiger partial charge in [-0.05, 0) is 24.6 Å². The number of aliphatic hydroxyl groups excluding tert-OH is 1. The number of nitrogens with zero attached hydrogens (tertiary/aromatic N) is 1. The molecule has 0 saturated carbocycles. The van der Waals surface area contributed by atoms with E-state index in [4.69, 9.17) is 0 Å².